The molecule has 1 amide bonds. The van der Waals surface area contributed by atoms with Crippen molar-refractivity contribution in [3.63, 3.8) is 0 Å². The molecule has 1 N–H and O–H groups in total. The van der Waals surface area contributed by atoms with Crippen LogP contribution >= 0.6 is 0 Å². The van der Waals surface area contributed by atoms with E-state index in [-0.39, 0.29) is 11.5 Å². The average molecular weight is 322 g/mol. The lowest BCUT2D eigenvalue weighted by molar-refractivity contribution is 0.102. The Morgan fingerprint density at radius 3 is 2.71 bits per heavy atom. The smallest absolute Gasteiger partial charge is 0.256 e. The fraction of sp³-hybridized carbons (Fsp3) is 0.158. The van der Waals surface area contributed by atoms with Gasteiger partial charge in [0, 0.05) is 31.5 Å². The first-order valence-corrected chi connectivity index (χ1v) is 7.67. The van der Waals surface area contributed by atoms with Crippen molar-refractivity contribution in [1.29, 1.82) is 0 Å². The van der Waals surface area contributed by atoms with Crippen molar-refractivity contribution >= 4 is 22.4 Å². The summed E-state index contributed by atoms with van der Waals surface area (Å²) in [6, 6.07) is 16.4. The van der Waals surface area contributed by atoms with Crippen LogP contribution in [-0.2, 0) is 11.3 Å². The number of methoxy groups -OCH3 is 1. The van der Waals surface area contributed by atoms with Gasteiger partial charge in [-0.3, -0.25) is 9.59 Å². The van der Waals surface area contributed by atoms with Gasteiger partial charge in [0.15, 0.2) is 0 Å². The molecule has 0 aliphatic carbocycles. The molecule has 0 fully saturated rings. The molecule has 0 saturated carbocycles. The second-order valence-electron chi connectivity index (χ2n) is 5.42. The molecule has 0 saturated heterocycles. The van der Waals surface area contributed by atoms with Crippen LogP contribution in [0, 0.1) is 0 Å². The van der Waals surface area contributed by atoms with Crippen LogP contribution in [0.3, 0.4) is 0 Å². The van der Waals surface area contributed by atoms with Gasteiger partial charge in [-0.05, 0) is 22.9 Å². The van der Waals surface area contributed by atoms with E-state index in [0.29, 0.717) is 24.4 Å². The highest BCUT2D eigenvalue weighted by molar-refractivity contribution is 6.12. The van der Waals surface area contributed by atoms with E-state index in [0.717, 1.165) is 10.8 Å². The standard InChI is InChI=1S/C19H18N2O3/c1-24-12-11-21-13-15(9-10-18(21)22)20-19(23)17-8-4-6-14-5-2-3-7-16(14)17/h2-10,13H,11-12H2,1H3,(H,20,23). The van der Waals surface area contributed by atoms with Crippen molar-refractivity contribution in [3.8, 4) is 0 Å². The first-order chi connectivity index (χ1) is 11.7. The van der Waals surface area contributed by atoms with Gasteiger partial charge >= 0.3 is 0 Å². The number of benzene rings is 2. The maximum atomic E-state index is 12.6. The molecule has 5 nitrogen and oxygen atoms in total. The van der Waals surface area contributed by atoms with Gasteiger partial charge in [-0.2, -0.15) is 0 Å². The van der Waals surface area contributed by atoms with Crippen LogP contribution in [0.25, 0.3) is 10.8 Å². The predicted molar refractivity (Wildman–Crippen MR) is 94.5 cm³/mol. The van der Waals surface area contributed by atoms with E-state index in [1.807, 2.05) is 36.4 Å². The Morgan fingerprint density at radius 2 is 1.88 bits per heavy atom. The van der Waals surface area contributed by atoms with E-state index in [1.54, 1.807) is 25.4 Å². The maximum absolute atomic E-state index is 12.6. The van der Waals surface area contributed by atoms with E-state index < -0.39 is 0 Å². The third-order valence-electron chi connectivity index (χ3n) is 3.81. The number of rotatable bonds is 5. The number of carbonyl (C=O) groups is 1. The van der Waals surface area contributed by atoms with Crippen LogP contribution in [0.15, 0.2) is 65.6 Å². The Labute approximate surface area is 139 Å². The van der Waals surface area contributed by atoms with Crippen molar-refractivity contribution in [2.75, 3.05) is 19.0 Å². The van der Waals surface area contributed by atoms with Crippen LogP contribution in [0.5, 0.6) is 0 Å². The number of carbonyl (C=O) groups excluding carboxylic acids is 1. The first-order valence-electron chi connectivity index (χ1n) is 7.67. The maximum Gasteiger partial charge on any atom is 0.256 e. The summed E-state index contributed by atoms with van der Waals surface area (Å²) in [6.45, 7) is 0.869. The van der Waals surface area contributed by atoms with Crippen LogP contribution in [-0.4, -0.2) is 24.2 Å². The monoisotopic (exact) mass is 322 g/mol. The number of amides is 1. The Bertz CT molecular complexity index is 926. The molecule has 1 aromatic heterocycles. The fourth-order valence-electron chi connectivity index (χ4n) is 2.59. The van der Waals surface area contributed by atoms with Crippen molar-refractivity contribution in [3.05, 3.63) is 76.7 Å². The number of nitrogens with one attached hydrogen (secondary N) is 1. The van der Waals surface area contributed by atoms with Crippen molar-refractivity contribution in [2.24, 2.45) is 0 Å². The van der Waals surface area contributed by atoms with Gasteiger partial charge in [-0.1, -0.05) is 36.4 Å². The molecule has 0 aliphatic heterocycles. The number of fused-ring (bicyclic) bond motifs is 1. The lowest BCUT2D eigenvalue weighted by Gasteiger charge is -2.10. The van der Waals surface area contributed by atoms with E-state index in [9.17, 15) is 9.59 Å². The molecule has 2 aromatic carbocycles. The SMILES string of the molecule is COCCn1cc(NC(=O)c2cccc3ccccc23)ccc1=O. The second kappa shape index (κ2) is 7.10. The molecular formula is C19H18N2O3. The zero-order valence-corrected chi connectivity index (χ0v) is 13.4. The summed E-state index contributed by atoms with van der Waals surface area (Å²) in [5, 5.41) is 4.76. The van der Waals surface area contributed by atoms with Crippen molar-refractivity contribution in [2.45, 2.75) is 6.54 Å². The molecule has 0 atom stereocenters. The minimum atomic E-state index is -0.205. The summed E-state index contributed by atoms with van der Waals surface area (Å²) < 4.78 is 6.51. The summed E-state index contributed by atoms with van der Waals surface area (Å²) in [5.74, 6) is -0.205. The second-order valence-corrected chi connectivity index (χ2v) is 5.42. The number of ether oxygens (including phenoxy) is 1. The number of aromatic nitrogens is 1. The number of nitrogens with zero attached hydrogens (tertiary/aromatic N) is 1. The van der Waals surface area contributed by atoms with Gasteiger partial charge < -0.3 is 14.6 Å². The van der Waals surface area contributed by atoms with Gasteiger partial charge in [-0.15, -0.1) is 0 Å². The molecule has 5 heteroatoms. The van der Waals surface area contributed by atoms with Gasteiger partial charge in [0.25, 0.3) is 11.5 Å². The number of hydrogen-bond acceptors (Lipinski definition) is 3. The zero-order valence-electron chi connectivity index (χ0n) is 13.4. The lowest BCUT2D eigenvalue weighted by Crippen LogP contribution is -2.22. The molecule has 0 aliphatic rings. The van der Waals surface area contributed by atoms with Gasteiger partial charge in [0.2, 0.25) is 0 Å². The molecule has 0 bridgehead atoms. The third kappa shape index (κ3) is 3.36. The Morgan fingerprint density at radius 1 is 1.08 bits per heavy atom. The summed E-state index contributed by atoms with van der Waals surface area (Å²) in [6.07, 6.45) is 1.63. The quantitative estimate of drug-likeness (QED) is 0.786. The van der Waals surface area contributed by atoms with Crippen LogP contribution in [0.4, 0.5) is 5.69 Å². The van der Waals surface area contributed by atoms with Crippen molar-refractivity contribution in [1.82, 2.24) is 4.57 Å². The highest BCUT2D eigenvalue weighted by Gasteiger charge is 2.10. The molecule has 0 unspecified atom stereocenters. The molecule has 1 heterocycles. The van der Waals surface area contributed by atoms with E-state index in [2.05, 4.69) is 5.32 Å². The number of pyridine rings is 1. The lowest BCUT2D eigenvalue weighted by atomic mass is 10.0. The summed E-state index contributed by atoms with van der Waals surface area (Å²) in [7, 11) is 1.58. The van der Waals surface area contributed by atoms with Gasteiger partial charge in [-0.25, -0.2) is 0 Å². The fourth-order valence-corrected chi connectivity index (χ4v) is 2.59. The van der Waals surface area contributed by atoms with Crippen LogP contribution in [0.1, 0.15) is 10.4 Å². The average Bonchev–Trinajstić information content (AvgIpc) is 2.61. The highest BCUT2D eigenvalue weighted by atomic mass is 16.5. The molecule has 0 spiro atoms. The molecule has 122 valence electrons. The third-order valence-corrected chi connectivity index (χ3v) is 3.81. The van der Waals surface area contributed by atoms with Crippen LogP contribution < -0.4 is 10.9 Å². The van der Waals surface area contributed by atoms with E-state index in [4.69, 9.17) is 4.74 Å². The van der Waals surface area contributed by atoms with E-state index in [1.165, 1.54) is 10.6 Å². The largest absolute Gasteiger partial charge is 0.383 e. The number of hydrogen-bond donors (Lipinski definition) is 1. The first kappa shape index (κ1) is 16.0. The normalized spacial score (nSPS) is 10.7. The topological polar surface area (TPSA) is 60.3 Å². The molecular weight excluding hydrogens is 304 g/mol. The molecule has 24 heavy (non-hydrogen) atoms. The Balaban J connectivity index is 1.88. The highest BCUT2D eigenvalue weighted by Crippen LogP contribution is 2.19. The Hall–Kier alpha value is -2.92. The molecule has 3 rings (SSSR count). The zero-order chi connectivity index (χ0) is 16.9. The molecule has 0 radical (unpaired) electrons. The van der Waals surface area contributed by atoms with E-state index >= 15 is 0 Å². The minimum absolute atomic E-state index is 0.129. The van der Waals surface area contributed by atoms with Crippen LogP contribution in [0.2, 0.25) is 0 Å². The predicted octanol–water partition coefficient (Wildman–Crippen LogP) is 2.90. The molecule has 3 aromatic rings. The summed E-state index contributed by atoms with van der Waals surface area (Å²) in [4.78, 5) is 24.4. The van der Waals surface area contributed by atoms with Gasteiger partial charge in [0.1, 0.15) is 0 Å². The number of anilines is 1. The Kier molecular flexibility index (Phi) is 4.72. The van der Waals surface area contributed by atoms with Gasteiger partial charge in [0.05, 0.1) is 12.3 Å². The van der Waals surface area contributed by atoms with Crippen molar-refractivity contribution < 1.29 is 9.53 Å². The minimum Gasteiger partial charge on any atom is -0.383 e. The summed E-state index contributed by atoms with van der Waals surface area (Å²) >= 11 is 0. The summed E-state index contributed by atoms with van der Waals surface area (Å²) in [5.41, 5.74) is 1.04.